The number of nitrogens with zero attached hydrogens (tertiary/aromatic N) is 1. The minimum atomic E-state index is -0.239. The SMILES string of the molecule is CC(O)CCCCN1C(=O)Cc2ccccc21. The first kappa shape index (κ1) is 12.1. The minimum Gasteiger partial charge on any atom is -0.393 e. The molecule has 0 fully saturated rings. The van der Waals surface area contributed by atoms with Crippen molar-refractivity contribution in [2.75, 3.05) is 11.4 Å². The maximum atomic E-state index is 11.8. The molecule has 0 saturated heterocycles. The summed E-state index contributed by atoms with van der Waals surface area (Å²) in [6.45, 7) is 2.57. The van der Waals surface area contributed by atoms with Crippen LogP contribution in [0.25, 0.3) is 0 Å². The van der Waals surface area contributed by atoms with Gasteiger partial charge in [-0.2, -0.15) is 0 Å². The van der Waals surface area contributed by atoms with E-state index in [-0.39, 0.29) is 12.0 Å². The topological polar surface area (TPSA) is 40.5 Å². The third kappa shape index (κ3) is 2.86. The van der Waals surface area contributed by atoms with Gasteiger partial charge in [0.25, 0.3) is 0 Å². The van der Waals surface area contributed by atoms with Crippen LogP contribution in [-0.2, 0) is 11.2 Å². The number of para-hydroxylation sites is 1. The lowest BCUT2D eigenvalue weighted by Gasteiger charge is -2.17. The van der Waals surface area contributed by atoms with Gasteiger partial charge in [-0.15, -0.1) is 0 Å². The van der Waals surface area contributed by atoms with E-state index in [1.807, 2.05) is 29.2 Å². The Hall–Kier alpha value is -1.35. The van der Waals surface area contributed by atoms with Gasteiger partial charge >= 0.3 is 0 Å². The smallest absolute Gasteiger partial charge is 0.231 e. The maximum Gasteiger partial charge on any atom is 0.231 e. The lowest BCUT2D eigenvalue weighted by atomic mass is 10.1. The number of anilines is 1. The van der Waals surface area contributed by atoms with Gasteiger partial charge in [0.2, 0.25) is 5.91 Å². The number of hydrogen-bond donors (Lipinski definition) is 1. The first-order valence-corrected chi connectivity index (χ1v) is 6.25. The average Bonchev–Trinajstić information content (AvgIpc) is 2.60. The van der Waals surface area contributed by atoms with Crippen LogP contribution in [0, 0.1) is 0 Å². The molecule has 1 N–H and O–H groups in total. The largest absolute Gasteiger partial charge is 0.393 e. The fraction of sp³-hybridized carbons (Fsp3) is 0.500. The Morgan fingerprint density at radius 1 is 1.35 bits per heavy atom. The molecule has 2 rings (SSSR count). The highest BCUT2D eigenvalue weighted by molar-refractivity contribution is 6.01. The monoisotopic (exact) mass is 233 g/mol. The fourth-order valence-corrected chi connectivity index (χ4v) is 2.27. The molecule has 1 heterocycles. The molecule has 3 nitrogen and oxygen atoms in total. The van der Waals surface area contributed by atoms with E-state index in [9.17, 15) is 9.90 Å². The quantitative estimate of drug-likeness (QED) is 0.791. The van der Waals surface area contributed by atoms with E-state index in [0.29, 0.717) is 6.42 Å². The summed E-state index contributed by atoms with van der Waals surface area (Å²) in [6, 6.07) is 7.97. The molecule has 1 aromatic rings. The molecule has 1 aliphatic heterocycles. The van der Waals surface area contributed by atoms with E-state index < -0.39 is 0 Å². The van der Waals surface area contributed by atoms with Gasteiger partial charge in [0.15, 0.2) is 0 Å². The number of hydrogen-bond acceptors (Lipinski definition) is 2. The van der Waals surface area contributed by atoms with E-state index in [1.54, 1.807) is 6.92 Å². The molecule has 1 aromatic carbocycles. The second-order valence-electron chi connectivity index (χ2n) is 4.70. The fourth-order valence-electron chi connectivity index (χ4n) is 2.27. The van der Waals surface area contributed by atoms with Crippen molar-refractivity contribution in [3.8, 4) is 0 Å². The zero-order chi connectivity index (χ0) is 12.3. The normalized spacial score (nSPS) is 16.1. The Morgan fingerprint density at radius 2 is 2.12 bits per heavy atom. The number of aliphatic hydroxyl groups excluding tert-OH is 1. The Kier molecular flexibility index (Phi) is 3.79. The Morgan fingerprint density at radius 3 is 2.88 bits per heavy atom. The lowest BCUT2D eigenvalue weighted by Crippen LogP contribution is -2.27. The number of aliphatic hydroxyl groups is 1. The first-order chi connectivity index (χ1) is 8.18. The van der Waals surface area contributed by atoms with E-state index >= 15 is 0 Å². The summed E-state index contributed by atoms with van der Waals surface area (Å²) in [5, 5.41) is 9.17. The Bertz CT molecular complexity index is 401. The van der Waals surface area contributed by atoms with E-state index in [4.69, 9.17) is 0 Å². The zero-order valence-corrected chi connectivity index (χ0v) is 10.2. The minimum absolute atomic E-state index is 0.197. The number of carbonyl (C=O) groups is 1. The van der Waals surface area contributed by atoms with Gasteiger partial charge in [0.1, 0.15) is 0 Å². The van der Waals surface area contributed by atoms with Crippen molar-refractivity contribution in [3.63, 3.8) is 0 Å². The van der Waals surface area contributed by atoms with Crippen molar-refractivity contribution in [1.29, 1.82) is 0 Å². The molecule has 1 amide bonds. The molecule has 0 aliphatic carbocycles. The Balaban J connectivity index is 1.91. The van der Waals surface area contributed by atoms with Crippen LogP contribution in [0.1, 0.15) is 31.7 Å². The molecule has 1 unspecified atom stereocenters. The highest BCUT2D eigenvalue weighted by Crippen LogP contribution is 2.28. The second-order valence-corrected chi connectivity index (χ2v) is 4.70. The molecule has 0 spiro atoms. The van der Waals surface area contributed by atoms with Crippen molar-refractivity contribution >= 4 is 11.6 Å². The van der Waals surface area contributed by atoms with Gasteiger partial charge in [-0.3, -0.25) is 4.79 Å². The maximum absolute atomic E-state index is 11.8. The summed E-state index contributed by atoms with van der Waals surface area (Å²) in [7, 11) is 0. The van der Waals surface area contributed by atoms with E-state index in [2.05, 4.69) is 0 Å². The standard InChI is InChI=1S/C14H19NO2/c1-11(16)6-4-5-9-15-13-8-3-2-7-12(13)10-14(15)17/h2-3,7-8,11,16H,4-6,9-10H2,1H3. The molecule has 3 heteroatoms. The van der Waals surface area contributed by atoms with Gasteiger partial charge in [0, 0.05) is 12.2 Å². The molecule has 0 saturated carbocycles. The van der Waals surface area contributed by atoms with Gasteiger partial charge in [-0.05, 0) is 37.8 Å². The summed E-state index contributed by atoms with van der Waals surface area (Å²) in [6.07, 6.45) is 3.02. The van der Waals surface area contributed by atoms with Gasteiger partial charge in [-0.25, -0.2) is 0 Å². The third-order valence-electron chi connectivity index (χ3n) is 3.18. The third-order valence-corrected chi connectivity index (χ3v) is 3.18. The molecule has 92 valence electrons. The summed E-state index contributed by atoms with van der Waals surface area (Å²) in [5.74, 6) is 0.197. The molecule has 0 aromatic heterocycles. The first-order valence-electron chi connectivity index (χ1n) is 6.25. The van der Waals surface area contributed by atoms with Crippen molar-refractivity contribution < 1.29 is 9.90 Å². The number of benzene rings is 1. The van der Waals surface area contributed by atoms with Crippen LogP contribution < -0.4 is 4.90 Å². The Labute approximate surface area is 102 Å². The van der Waals surface area contributed by atoms with Gasteiger partial charge < -0.3 is 10.0 Å². The number of amides is 1. The van der Waals surface area contributed by atoms with Gasteiger partial charge in [0.05, 0.1) is 12.5 Å². The van der Waals surface area contributed by atoms with Crippen LogP contribution in [0.3, 0.4) is 0 Å². The van der Waals surface area contributed by atoms with Gasteiger partial charge in [-0.1, -0.05) is 18.2 Å². The molecule has 1 aliphatic rings. The van der Waals surface area contributed by atoms with E-state index in [1.165, 1.54) is 0 Å². The highest BCUT2D eigenvalue weighted by Gasteiger charge is 2.25. The predicted molar refractivity (Wildman–Crippen MR) is 68.0 cm³/mol. The predicted octanol–water partition coefficient (Wildman–Crippen LogP) is 2.13. The van der Waals surface area contributed by atoms with Crippen LogP contribution in [0.5, 0.6) is 0 Å². The number of carbonyl (C=O) groups excluding carboxylic acids is 1. The lowest BCUT2D eigenvalue weighted by molar-refractivity contribution is -0.117. The van der Waals surface area contributed by atoms with Crippen LogP contribution in [0.4, 0.5) is 5.69 Å². The number of fused-ring (bicyclic) bond motifs is 1. The van der Waals surface area contributed by atoms with Crippen molar-refractivity contribution in [2.45, 2.75) is 38.7 Å². The van der Waals surface area contributed by atoms with Crippen molar-refractivity contribution in [1.82, 2.24) is 0 Å². The van der Waals surface area contributed by atoms with Crippen molar-refractivity contribution in [2.24, 2.45) is 0 Å². The molecule has 1 atom stereocenters. The van der Waals surface area contributed by atoms with Crippen LogP contribution in [0.2, 0.25) is 0 Å². The summed E-state index contributed by atoms with van der Waals surface area (Å²) in [5.41, 5.74) is 2.20. The average molecular weight is 233 g/mol. The summed E-state index contributed by atoms with van der Waals surface area (Å²) < 4.78 is 0. The number of unbranched alkanes of at least 4 members (excludes halogenated alkanes) is 1. The highest BCUT2D eigenvalue weighted by atomic mass is 16.3. The zero-order valence-electron chi connectivity index (χ0n) is 10.2. The summed E-state index contributed by atoms with van der Waals surface area (Å²) in [4.78, 5) is 13.7. The molecular formula is C14H19NO2. The van der Waals surface area contributed by atoms with E-state index in [0.717, 1.165) is 37.1 Å². The van der Waals surface area contributed by atoms with Crippen LogP contribution >= 0.6 is 0 Å². The molecule has 17 heavy (non-hydrogen) atoms. The molecule has 0 bridgehead atoms. The van der Waals surface area contributed by atoms with Crippen molar-refractivity contribution in [3.05, 3.63) is 29.8 Å². The van der Waals surface area contributed by atoms with Crippen LogP contribution in [-0.4, -0.2) is 23.7 Å². The summed E-state index contributed by atoms with van der Waals surface area (Å²) >= 11 is 0. The molecular weight excluding hydrogens is 214 g/mol. The number of rotatable bonds is 5. The molecule has 0 radical (unpaired) electrons. The second kappa shape index (κ2) is 5.32. The van der Waals surface area contributed by atoms with Crippen LogP contribution in [0.15, 0.2) is 24.3 Å².